The average Bonchev–Trinajstić information content (AvgIpc) is 3.23. The smallest absolute Gasteiger partial charge is 0.409 e. The molecule has 0 spiro atoms. The maximum Gasteiger partial charge on any atom is 0.409 e. The van der Waals surface area contributed by atoms with Crippen molar-refractivity contribution in [3.05, 3.63) is 16.5 Å². The van der Waals surface area contributed by atoms with Crippen molar-refractivity contribution in [2.45, 2.75) is 67.7 Å². The number of aliphatic hydroxyl groups excluding tert-OH is 1. The van der Waals surface area contributed by atoms with Crippen molar-refractivity contribution in [2.75, 3.05) is 19.7 Å². The van der Waals surface area contributed by atoms with Gasteiger partial charge in [0.25, 0.3) is 0 Å². The first-order valence-electron chi connectivity index (χ1n) is 10.7. The van der Waals surface area contributed by atoms with Crippen LogP contribution in [-0.4, -0.2) is 56.4 Å². The molecule has 3 atom stereocenters. The Kier molecular flexibility index (Phi) is 6.65. The average molecular weight is 477 g/mol. The molecule has 2 bridgehead atoms. The van der Waals surface area contributed by atoms with E-state index in [1.165, 1.54) is 6.07 Å². The van der Waals surface area contributed by atoms with Crippen molar-refractivity contribution in [3.8, 4) is 0 Å². The molecule has 2 heterocycles. The van der Waals surface area contributed by atoms with Gasteiger partial charge in [0.2, 0.25) is 10.0 Å². The normalized spacial score (nSPS) is 30.3. The molecule has 2 aliphatic carbocycles. The van der Waals surface area contributed by atoms with E-state index >= 15 is 0 Å². The number of sulfonamides is 1. The number of hydrogen-bond acceptors (Lipinski definition) is 6. The summed E-state index contributed by atoms with van der Waals surface area (Å²) in [6.07, 6.45) is 6.09. The minimum Gasteiger partial charge on any atom is -0.449 e. The molecule has 1 amide bonds. The van der Waals surface area contributed by atoms with E-state index in [9.17, 15) is 18.3 Å². The maximum atomic E-state index is 13.0. The summed E-state index contributed by atoms with van der Waals surface area (Å²) in [5.74, 6) is 0.251. The van der Waals surface area contributed by atoms with Crippen LogP contribution in [0.1, 0.15) is 51.4 Å². The molecule has 4 rings (SSSR count). The minimum absolute atomic E-state index is 0.218. The number of amides is 1. The van der Waals surface area contributed by atoms with Crippen molar-refractivity contribution in [1.29, 1.82) is 0 Å². The van der Waals surface area contributed by atoms with Crippen molar-refractivity contribution in [2.24, 2.45) is 11.3 Å². The molecule has 0 unspecified atom stereocenters. The second-order valence-electron chi connectivity index (χ2n) is 8.84. The largest absolute Gasteiger partial charge is 0.449 e. The molecule has 1 aromatic heterocycles. The monoisotopic (exact) mass is 476 g/mol. The highest BCUT2D eigenvalue weighted by atomic mass is 35.5. The number of halogens is 1. The predicted octanol–water partition coefficient (Wildman–Crippen LogP) is 3.61. The molecule has 7 nitrogen and oxygen atoms in total. The SMILES string of the molecule is O=C(OC[C@@]12CCCC[C@@H](CC1)[C@@H]2NS(=O)(=O)c1ccc(Cl)s1)N1CCC(O)CC1. The van der Waals surface area contributed by atoms with Gasteiger partial charge in [0, 0.05) is 24.5 Å². The van der Waals surface area contributed by atoms with Gasteiger partial charge in [0.15, 0.2) is 0 Å². The number of nitrogens with one attached hydrogen (secondary N) is 1. The van der Waals surface area contributed by atoms with E-state index < -0.39 is 10.0 Å². The lowest BCUT2D eigenvalue weighted by Crippen LogP contribution is -2.50. The van der Waals surface area contributed by atoms with Crippen LogP contribution in [0.15, 0.2) is 16.3 Å². The van der Waals surface area contributed by atoms with Crippen LogP contribution in [0, 0.1) is 11.3 Å². The van der Waals surface area contributed by atoms with Crippen molar-refractivity contribution in [3.63, 3.8) is 0 Å². The quantitative estimate of drug-likeness (QED) is 0.676. The van der Waals surface area contributed by atoms with E-state index in [4.69, 9.17) is 16.3 Å². The zero-order chi connectivity index (χ0) is 21.4. The molecule has 1 saturated heterocycles. The summed E-state index contributed by atoms with van der Waals surface area (Å²) in [6.45, 7) is 1.20. The highest BCUT2D eigenvalue weighted by Crippen LogP contribution is 2.50. The summed E-state index contributed by atoms with van der Waals surface area (Å²) in [7, 11) is -3.68. The van der Waals surface area contributed by atoms with Crippen LogP contribution in [0.3, 0.4) is 0 Å². The molecule has 1 aromatic rings. The van der Waals surface area contributed by atoms with Crippen LogP contribution in [-0.2, 0) is 14.8 Å². The van der Waals surface area contributed by atoms with Gasteiger partial charge < -0.3 is 14.7 Å². The number of carbonyl (C=O) groups is 1. The molecule has 168 valence electrons. The summed E-state index contributed by atoms with van der Waals surface area (Å²) in [5.41, 5.74) is -0.375. The fourth-order valence-electron chi connectivity index (χ4n) is 5.24. The third kappa shape index (κ3) is 4.65. The Bertz CT molecular complexity index is 868. The molecule has 0 radical (unpaired) electrons. The van der Waals surface area contributed by atoms with Gasteiger partial charge >= 0.3 is 6.09 Å². The lowest BCUT2D eigenvalue weighted by Gasteiger charge is -2.37. The molecule has 2 N–H and O–H groups in total. The lowest BCUT2D eigenvalue weighted by molar-refractivity contribution is 0.0260. The molecule has 1 aliphatic heterocycles. The molecule has 0 aromatic carbocycles. The van der Waals surface area contributed by atoms with Crippen molar-refractivity contribution < 1.29 is 23.1 Å². The number of ether oxygens (including phenoxy) is 1. The van der Waals surface area contributed by atoms with E-state index in [0.717, 1.165) is 49.9 Å². The van der Waals surface area contributed by atoms with Crippen molar-refractivity contribution >= 4 is 39.1 Å². The zero-order valence-electron chi connectivity index (χ0n) is 16.9. The molecule has 30 heavy (non-hydrogen) atoms. The fraction of sp³-hybridized carbons (Fsp3) is 0.750. The molecule has 3 aliphatic rings. The highest BCUT2D eigenvalue weighted by molar-refractivity contribution is 7.91. The Morgan fingerprint density at radius 1 is 1.23 bits per heavy atom. The number of thiophene rings is 1. The van der Waals surface area contributed by atoms with Crippen LogP contribution in [0.25, 0.3) is 0 Å². The molecular weight excluding hydrogens is 448 g/mol. The van der Waals surface area contributed by atoms with Gasteiger partial charge in [0.05, 0.1) is 10.4 Å². The predicted molar refractivity (Wildman–Crippen MR) is 115 cm³/mol. The number of nitrogens with zero attached hydrogens (tertiary/aromatic N) is 1. The van der Waals surface area contributed by atoms with Crippen LogP contribution in [0.4, 0.5) is 4.79 Å². The molecule has 3 fully saturated rings. The maximum absolute atomic E-state index is 13.0. The first-order chi connectivity index (χ1) is 14.3. The van der Waals surface area contributed by atoms with Crippen LogP contribution >= 0.6 is 22.9 Å². The van der Waals surface area contributed by atoms with Crippen molar-refractivity contribution in [1.82, 2.24) is 9.62 Å². The van der Waals surface area contributed by atoms with Crippen LogP contribution in [0.2, 0.25) is 4.34 Å². The van der Waals surface area contributed by atoms with E-state index in [-0.39, 0.29) is 40.4 Å². The summed E-state index contributed by atoms with van der Waals surface area (Å²) in [6, 6.07) is 2.88. The number of likely N-dealkylation sites (tertiary alicyclic amines) is 1. The standard InChI is InChI=1S/C20H29ClN2O5S2/c21-16-4-5-17(29-16)30(26,27)22-18-14-3-1-2-9-20(18,10-6-14)13-28-19(25)23-11-7-15(24)8-12-23/h4-5,14-15,18,22,24H,1-3,6-13H2/t14-,18-,20+/m0/s1. The zero-order valence-corrected chi connectivity index (χ0v) is 19.3. The van der Waals surface area contributed by atoms with Gasteiger partial charge in [-0.3, -0.25) is 0 Å². The summed E-state index contributed by atoms with van der Waals surface area (Å²) < 4.78 is 35.4. The molecule has 2 saturated carbocycles. The van der Waals surface area contributed by atoms with Gasteiger partial charge in [-0.05, 0) is 56.6 Å². The number of rotatable bonds is 5. The first-order valence-corrected chi connectivity index (χ1v) is 13.3. The van der Waals surface area contributed by atoms with Gasteiger partial charge in [-0.15, -0.1) is 11.3 Å². The van der Waals surface area contributed by atoms with E-state index in [2.05, 4.69) is 4.72 Å². The Morgan fingerprint density at radius 2 is 2.00 bits per heavy atom. The summed E-state index contributed by atoms with van der Waals surface area (Å²) in [4.78, 5) is 14.2. The van der Waals surface area contributed by atoms with Gasteiger partial charge in [-0.2, -0.15) is 0 Å². The van der Waals surface area contributed by atoms with E-state index in [0.29, 0.717) is 30.3 Å². The minimum atomic E-state index is -3.68. The van der Waals surface area contributed by atoms with Gasteiger partial charge in [0.1, 0.15) is 10.8 Å². The number of fused-ring (bicyclic) bond motifs is 2. The topological polar surface area (TPSA) is 95.9 Å². The van der Waals surface area contributed by atoms with Gasteiger partial charge in [-0.1, -0.05) is 24.4 Å². The Labute approximate surface area is 186 Å². The summed E-state index contributed by atoms with van der Waals surface area (Å²) in [5, 5.41) is 9.65. The van der Waals surface area contributed by atoms with Gasteiger partial charge in [-0.25, -0.2) is 17.9 Å². The Hall–Kier alpha value is -0.870. The third-order valence-corrected chi connectivity index (χ3v) is 10.1. The second-order valence-corrected chi connectivity index (χ2v) is 12.5. The highest BCUT2D eigenvalue weighted by Gasteiger charge is 2.51. The molecular formula is C20H29ClN2O5S2. The number of piperidine rings is 1. The third-order valence-electron chi connectivity index (χ3n) is 6.95. The summed E-state index contributed by atoms with van der Waals surface area (Å²) >= 11 is 7.00. The van der Waals surface area contributed by atoms with E-state index in [1.807, 2.05) is 0 Å². The van der Waals surface area contributed by atoms with E-state index in [1.54, 1.807) is 11.0 Å². The number of aliphatic hydroxyl groups is 1. The lowest BCUT2D eigenvalue weighted by atomic mass is 9.79. The first kappa shape index (κ1) is 22.3. The van der Waals surface area contributed by atoms with Crippen LogP contribution in [0.5, 0.6) is 0 Å². The number of hydrogen-bond donors (Lipinski definition) is 2. The number of carbonyl (C=O) groups excluding carboxylic acids is 1. The Morgan fingerprint density at radius 3 is 2.70 bits per heavy atom. The fourth-order valence-corrected chi connectivity index (χ4v) is 8.14. The van der Waals surface area contributed by atoms with Crippen LogP contribution < -0.4 is 4.72 Å². The molecule has 10 heteroatoms. The second kappa shape index (κ2) is 8.94. The Balaban J connectivity index is 1.48.